The van der Waals surface area contributed by atoms with Crippen molar-refractivity contribution in [1.29, 1.82) is 0 Å². The third-order valence-corrected chi connectivity index (χ3v) is 4.67. The predicted molar refractivity (Wildman–Crippen MR) is 100 cm³/mol. The first kappa shape index (κ1) is 18.8. The van der Waals surface area contributed by atoms with Gasteiger partial charge in [0.2, 0.25) is 11.8 Å². The molecule has 0 bridgehead atoms. The number of pyridine rings is 1. The van der Waals surface area contributed by atoms with Gasteiger partial charge < -0.3 is 15.4 Å². The third kappa shape index (κ3) is 4.61. The second kappa shape index (κ2) is 8.62. The molecule has 2 N–H and O–H groups in total. The van der Waals surface area contributed by atoms with Crippen LogP contribution in [-0.4, -0.2) is 23.9 Å². The fraction of sp³-hybridized carbons (Fsp3) is 0.350. The minimum atomic E-state index is -0.545. The molecule has 1 saturated carbocycles. The summed E-state index contributed by atoms with van der Waals surface area (Å²) in [6.07, 6.45) is 6.34. The highest BCUT2D eigenvalue weighted by Gasteiger charge is 2.22. The van der Waals surface area contributed by atoms with Gasteiger partial charge in [0, 0.05) is 17.8 Å². The van der Waals surface area contributed by atoms with E-state index in [0.717, 1.165) is 32.1 Å². The highest BCUT2D eigenvalue weighted by Crippen LogP contribution is 2.27. The molecule has 1 aromatic carbocycles. The molecule has 7 heteroatoms. The second-order valence-corrected chi connectivity index (χ2v) is 6.53. The molecule has 3 rings (SSSR count). The van der Waals surface area contributed by atoms with Crippen molar-refractivity contribution in [1.82, 2.24) is 4.98 Å². The van der Waals surface area contributed by atoms with Crippen LogP contribution in [0.15, 0.2) is 36.5 Å². The lowest BCUT2D eigenvalue weighted by molar-refractivity contribution is -0.120. The van der Waals surface area contributed by atoms with E-state index in [1.807, 2.05) is 0 Å². The molecular formula is C20H22FN3O3. The maximum absolute atomic E-state index is 14.1. The van der Waals surface area contributed by atoms with Gasteiger partial charge >= 0.3 is 0 Å². The van der Waals surface area contributed by atoms with Gasteiger partial charge in [-0.15, -0.1) is 0 Å². The second-order valence-electron chi connectivity index (χ2n) is 6.53. The molecule has 6 nitrogen and oxygen atoms in total. The number of rotatable bonds is 5. The first-order valence-electron chi connectivity index (χ1n) is 8.99. The molecule has 142 valence electrons. The third-order valence-electron chi connectivity index (χ3n) is 4.67. The molecule has 0 saturated heterocycles. The van der Waals surface area contributed by atoms with Crippen molar-refractivity contribution in [2.75, 3.05) is 17.7 Å². The van der Waals surface area contributed by atoms with Crippen LogP contribution in [0.1, 0.15) is 42.5 Å². The average molecular weight is 371 g/mol. The number of halogens is 1. The molecule has 1 aliphatic rings. The van der Waals surface area contributed by atoms with E-state index in [-0.39, 0.29) is 29.0 Å². The number of nitrogens with zero attached hydrogens (tertiary/aromatic N) is 1. The summed E-state index contributed by atoms with van der Waals surface area (Å²) in [6, 6.07) is 7.27. The molecule has 2 amide bonds. The van der Waals surface area contributed by atoms with Crippen LogP contribution in [0.5, 0.6) is 5.88 Å². The topological polar surface area (TPSA) is 80.3 Å². The Morgan fingerprint density at radius 3 is 2.67 bits per heavy atom. The molecule has 1 fully saturated rings. The van der Waals surface area contributed by atoms with Gasteiger partial charge in [-0.25, -0.2) is 9.37 Å². The van der Waals surface area contributed by atoms with E-state index in [9.17, 15) is 14.0 Å². The number of carbonyl (C=O) groups excluding carboxylic acids is 2. The van der Waals surface area contributed by atoms with Crippen LogP contribution in [0.2, 0.25) is 0 Å². The number of ether oxygens (including phenoxy) is 1. The lowest BCUT2D eigenvalue weighted by Crippen LogP contribution is -2.25. The SMILES string of the molecule is COc1ncccc1C(=O)Nc1ccc(F)c(NC(=O)C2CCCCC2)c1. The minimum absolute atomic E-state index is 0.0570. The summed E-state index contributed by atoms with van der Waals surface area (Å²) in [5, 5.41) is 5.33. The van der Waals surface area contributed by atoms with Crippen LogP contribution in [0.4, 0.5) is 15.8 Å². The normalized spacial score (nSPS) is 14.4. The van der Waals surface area contributed by atoms with Gasteiger partial charge in [0.25, 0.3) is 5.91 Å². The Bertz CT molecular complexity index is 835. The number of hydrogen-bond acceptors (Lipinski definition) is 4. The van der Waals surface area contributed by atoms with Crippen molar-refractivity contribution in [3.05, 3.63) is 47.9 Å². The molecule has 0 unspecified atom stereocenters. The zero-order valence-corrected chi connectivity index (χ0v) is 15.1. The number of benzene rings is 1. The quantitative estimate of drug-likeness (QED) is 0.832. The highest BCUT2D eigenvalue weighted by molar-refractivity contribution is 6.06. The number of carbonyl (C=O) groups is 2. The predicted octanol–water partition coefficient (Wildman–Crippen LogP) is 4.00. The van der Waals surface area contributed by atoms with Gasteiger partial charge in [0.05, 0.1) is 12.8 Å². The van der Waals surface area contributed by atoms with E-state index >= 15 is 0 Å². The van der Waals surface area contributed by atoms with Gasteiger partial charge in [0.15, 0.2) is 0 Å². The summed E-state index contributed by atoms with van der Waals surface area (Å²) in [4.78, 5) is 28.8. The van der Waals surface area contributed by atoms with Crippen molar-refractivity contribution < 1.29 is 18.7 Å². The Kier molecular flexibility index (Phi) is 6.01. The van der Waals surface area contributed by atoms with E-state index in [1.54, 1.807) is 12.1 Å². The lowest BCUT2D eigenvalue weighted by atomic mass is 9.88. The molecule has 0 spiro atoms. The Labute approximate surface area is 157 Å². The van der Waals surface area contributed by atoms with Crippen LogP contribution in [0.3, 0.4) is 0 Å². The Balaban J connectivity index is 1.73. The zero-order valence-electron chi connectivity index (χ0n) is 15.1. The number of hydrogen-bond donors (Lipinski definition) is 2. The van der Waals surface area contributed by atoms with Crippen molar-refractivity contribution >= 4 is 23.2 Å². The molecule has 0 aliphatic heterocycles. The Hall–Kier alpha value is -2.96. The molecule has 1 aliphatic carbocycles. The number of amides is 2. The van der Waals surface area contributed by atoms with E-state index in [0.29, 0.717) is 5.69 Å². The minimum Gasteiger partial charge on any atom is -0.480 e. The standard InChI is InChI=1S/C20H22FN3O3/c1-27-20-15(8-5-11-22-20)19(26)23-14-9-10-16(21)17(12-14)24-18(25)13-6-3-2-4-7-13/h5,8-13H,2-4,6-7H2,1H3,(H,23,26)(H,24,25). The van der Waals surface area contributed by atoms with Crippen LogP contribution in [0.25, 0.3) is 0 Å². The molecule has 2 aromatic rings. The number of methoxy groups -OCH3 is 1. The number of aromatic nitrogens is 1. The maximum atomic E-state index is 14.1. The fourth-order valence-electron chi connectivity index (χ4n) is 3.22. The van der Waals surface area contributed by atoms with Gasteiger partial charge in [-0.05, 0) is 43.2 Å². The van der Waals surface area contributed by atoms with Gasteiger partial charge in [-0.3, -0.25) is 9.59 Å². The summed E-state index contributed by atoms with van der Waals surface area (Å²) in [7, 11) is 1.43. The summed E-state index contributed by atoms with van der Waals surface area (Å²) in [5.74, 6) is -1.04. The van der Waals surface area contributed by atoms with E-state index < -0.39 is 11.7 Å². The summed E-state index contributed by atoms with van der Waals surface area (Å²) < 4.78 is 19.2. The van der Waals surface area contributed by atoms with Gasteiger partial charge in [-0.2, -0.15) is 0 Å². The lowest BCUT2D eigenvalue weighted by Gasteiger charge is -2.21. The van der Waals surface area contributed by atoms with E-state index in [2.05, 4.69) is 15.6 Å². The van der Waals surface area contributed by atoms with Crippen LogP contribution < -0.4 is 15.4 Å². The van der Waals surface area contributed by atoms with Crippen molar-refractivity contribution in [3.8, 4) is 5.88 Å². The molecule has 1 aromatic heterocycles. The van der Waals surface area contributed by atoms with Crippen molar-refractivity contribution in [2.24, 2.45) is 5.92 Å². The maximum Gasteiger partial charge on any atom is 0.261 e. The largest absolute Gasteiger partial charge is 0.480 e. The van der Waals surface area contributed by atoms with Crippen molar-refractivity contribution in [3.63, 3.8) is 0 Å². The van der Waals surface area contributed by atoms with Crippen LogP contribution in [0, 0.1) is 11.7 Å². The molecule has 27 heavy (non-hydrogen) atoms. The van der Waals surface area contributed by atoms with E-state index in [4.69, 9.17) is 4.74 Å². The average Bonchev–Trinajstić information content (AvgIpc) is 2.71. The van der Waals surface area contributed by atoms with E-state index in [1.165, 1.54) is 31.5 Å². The first-order chi connectivity index (χ1) is 13.1. The molecule has 1 heterocycles. The van der Waals surface area contributed by atoms with Crippen molar-refractivity contribution in [2.45, 2.75) is 32.1 Å². The molecular weight excluding hydrogens is 349 g/mol. The Morgan fingerprint density at radius 2 is 1.93 bits per heavy atom. The Morgan fingerprint density at radius 1 is 1.15 bits per heavy atom. The van der Waals surface area contributed by atoms with Crippen LogP contribution in [-0.2, 0) is 4.79 Å². The highest BCUT2D eigenvalue weighted by atomic mass is 19.1. The van der Waals surface area contributed by atoms with Gasteiger partial charge in [-0.1, -0.05) is 19.3 Å². The summed E-state index contributed by atoms with van der Waals surface area (Å²) >= 11 is 0. The first-order valence-corrected chi connectivity index (χ1v) is 8.99. The number of anilines is 2. The fourth-order valence-corrected chi connectivity index (χ4v) is 3.22. The monoisotopic (exact) mass is 371 g/mol. The molecule has 0 atom stereocenters. The summed E-state index contributed by atoms with van der Waals surface area (Å²) in [6.45, 7) is 0. The smallest absolute Gasteiger partial charge is 0.261 e. The number of nitrogens with one attached hydrogen (secondary N) is 2. The van der Waals surface area contributed by atoms with Crippen LogP contribution >= 0.6 is 0 Å². The molecule has 0 radical (unpaired) electrons. The zero-order chi connectivity index (χ0) is 19.2. The summed E-state index contributed by atoms with van der Waals surface area (Å²) in [5.41, 5.74) is 0.685. The van der Waals surface area contributed by atoms with Gasteiger partial charge in [0.1, 0.15) is 11.4 Å².